The first kappa shape index (κ1) is 22.2. The van der Waals surface area contributed by atoms with Crippen LogP contribution in [0.1, 0.15) is 15.9 Å². The van der Waals surface area contributed by atoms with Gasteiger partial charge < -0.3 is 29.9 Å². The van der Waals surface area contributed by atoms with Crippen molar-refractivity contribution in [1.82, 2.24) is 10.2 Å². The lowest BCUT2D eigenvalue weighted by atomic mass is 10.2. The van der Waals surface area contributed by atoms with E-state index < -0.39 is 0 Å². The van der Waals surface area contributed by atoms with E-state index in [0.717, 1.165) is 18.7 Å². The number of amides is 1. The van der Waals surface area contributed by atoms with Gasteiger partial charge in [0.25, 0.3) is 12.4 Å². The normalized spacial score (nSPS) is 16.2. The van der Waals surface area contributed by atoms with Crippen LogP contribution in [0.15, 0.2) is 48.5 Å². The summed E-state index contributed by atoms with van der Waals surface area (Å²) in [6, 6.07) is 12.8. The Balaban J connectivity index is 0.000000234. The number of carbonyl (C=O) groups excluding carboxylic acids is 2. The third-order valence-electron chi connectivity index (χ3n) is 4.19. The molecule has 1 saturated heterocycles. The molecule has 1 fully saturated rings. The van der Waals surface area contributed by atoms with Gasteiger partial charge in [-0.15, -0.1) is 0 Å². The van der Waals surface area contributed by atoms with E-state index in [9.17, 15) is 9.59 Å². The van der Waals surface area contributed by atoms with Crippen LogP contribution in [0.4, 0.5) is 0 Å². The number of likely N-dealkylation sites (N-methyl/N-ethyl adjacent to an activating group) is 1. The Morgan fingerprint density at radius 1 is 1.24 bits per heavy atom. The maximum Gasteiger partial charge on any atom is 0.293 e. The molecule has 1 heterocycles. The molecule has 3 N–H and O–H groups in total. The zero-order valence-electron chi connectivity index (χ0n) is 16.3. The van der Waals surface area contributed by atoms with Crippen molar-refractivity contribution in [2.24, 2.45) is 0 Å². The van der Waals surface area contributed by atoms with Gasteiger partial charge in [-0.3, -0.25) is 9.59 Å². The second-order valence-corrected chi connectivity index (χ2v) is 6.59. The van der Waals surface area contributed by atoms with Crippen molar-refractivity contribution in [3.8, 4) is 11.5 Å². The molecule has 0 aromatic heterocycles. The summed E-state index contributed by atoms with van der Waals surface area (Å²) < 4.78 is 10.0. The highest BCUT2D eigenvalue weighted by atomic mass is 16.5. The first-order valence-corrected chi connectivity index (χ1v) is 9.18. The first-order chi connectivity index (χ1) is 14.0. The molecule has 1 aliphatic rings. The highest BCUT2D eigenvalue weighted by Crippen LogP contribution is 2.11. The molecule has 8 nitrogen and oxygen atoms in total. The summed E-state index contributed by atoms with van der Waals surface area (Å²) >= 11 is 0. The fourth-order valence-electron chi connectivity index (χ4n) is 2.69. The third-order valence-corrected chi connectivity index (χ3v) is 4.19. The van der Waals surface area contributed by atoms with E-state index in [4.69, 9.17) is 14.9 Å². The fourth-order valence-corrected chi connectivity index (χ4v) is 2.69. The van der Waals surface area contributed by atoms with Gasteiger partial charge in [0.2, 0.25) is 0 Å². The molecule has 1 amide bonds. The van der Waals surface area contributed by atoms with E-state index in [0.29, 0.717) is 25.2 Å². The third kappa shape index (κ3) is 8.20. The minimum Gasteiger partial charge on any atom is -0.508 e. The number of nitrogens with zero attached hydrogens (tertiary/aromatic N) is 1. The molecule has 0 aliphatic carbocycles. The van der Waals surface area contributed by atoms with Gasteiger partial charge in [-0.2, -0.15) is 0 Å². The second kappa shape index (κ2) is 11.7. The number of rotatable bonds is 6. The molecular formula is C21H26N2O6. The molecule has 0 saturated carbocycles. The van der Waals surface area contributed by atoms with Crippen LogP contribution < -0.4 is 5.32 Å². The lowest BCUT2D eigenvalue weighted by molar-refractivity contribution is -0.129. The number of carbonyl (C=O) groups is 2. The number of nitrogens with one attached hydrogen (secondary N) is 1. The summed E-state index contributed by atoms with van der Waals surface area (Å²) in [6.07, 6.45) is 0.0461. The average Bonchev–Trinajstić information content (AvgIpc) is 2.72. The Morgan fingerprint density at radius 3 is 2.66 bits per heavy atom. The van der Waals surface area contributed by atoms with E-state index in [-0.39, 0.29) is 30.1 Å². The summed E-state index contributed by atoms with van der Waals surface area (Å²) in [5.74, 6) is 0.188. The summed E-state index contributed by atoms with van der Waals surface area (Å²) in [6.45, 7) is 3.56. The highest BCUT2D eigenvalue weighted by Gasteiger charge is 2.18. The largest absolute Gasteiger partial charge is 0.508 e. The van der Waals surface area contributed by atoms with Crippen molar-refractivity contribution < 1.29 is 29.3 Å². The van der Waals surface area contributed by atoms with Crippen molar-refractivity contribution in [1.29, 1.82) is 0 Å². The van der Waals surface area contributed by atoms with Gasteiger partial charge in [-0.1, -0.05) is 12.1 Å². The molecule has 3 rings (SSSR count). The smallest absolute Gasteiger partial charge is 0.293 e. The van der Waals surface area contributed by atoms with Crippen LogP contribution in [0.25, 0.3) is 0 Å². The van der Waals surface area contributed by atoms with Crippen LogP contribution in [0, 0.1) is 0 Å². The molecule has 1 aliphatic heterocycles. The number of morpholine rings is 1. The average molecular weight is 402 g/mol. The van der Waals surface area contributed by atoms with Crippen molar-refractivity contribution in [3.63, 3.8) is 0 Å². The van der Waals surface area contributed by atoms with Crippen LogP contribution in [0.2, 0.25) is 0 Å². The molecule has 0 bridgehead atoms. The monoisotopic (exact) mass is 402 g/mol. The number of hydrogen-bond acceptors (Lipinski definition) is 7. The summed E-state index contributed by atoms with van der Waals surface area (Å²) in [5.41, 5.74) is 1.31. The standard InChI is InChI=1S/C13H18N2O3.C8H8O3/c1-15-6-7-18-12(9-15)8-14-13(17)10-2-4-11(16)5-3-10;9-6-11-5-7-2-1-3-8(10)4-7/h2-5,12,16H,6-9H2,1H3,(H,14,17);1-4,6,10H,5H2. The molecular weight excluding hydrogens is 376 g/mol. The minimum atomic E-state index is -0.146. The zero-order chi connectivity index (χ0) is 21.1. The maximum absolute atomic E-state index is 11.8. The van der Waals surface area contributed by atoms with Crippen LogP contribution >= 0.6 is 0 Å². The minimum absolute atomic E-state index is 0.0461. The summed E-state index contributed by atoms with van der Waals surface area (Å²) in [7, 11) is 2.04. The Bertz CT molecular complexity index is 781. The maximum atomic E-state index is 11.8. The second-order valence-electron chi connectivity index (χ2n) is 6.59. The number of hydrogen-bond donors (Lipinski definition) is 3. The molecule has 8 heteroatoms. The van der Waals surface area contributed by atoms with E-state index >= 15 is 0 Å². The van der Waals surface area contributed by atoms with E-state index in [2.05, 4.69) is 15.0 Å². The lowest BCUT2D eigenvalue weighted by Gasteiger charge is -2.30. The molecule has 156 valence electrons. The molecule has 0 radical (unpaired) electrons. The van der Waals surface area contributed by atoms with Crippen molar-refractivity contribution in [2.75, 3.05) is 33.3 Å². The predicted octanol–water partition coefficient (Wildman–Crippen LogP) is 1.52. The van der Waals surface area contributed by atoms with Crippen LogP contribution in [-0.2, 0) is 20.9 Å². The number of ether oxygens (including phenoxy) is 2. The zero-order valence-corrected chi connectivity index (χ0v) is 16.3. The summed E-state index contributed by atoms with van der Waals surface area (Å²) in [4.78, 5) is 23.8. The Hall–Kier alpha value is -3.10. The van der Waals surface area contributed by atoms with Gasteiger partial charge in [0.1, 0.15) is 18.1 Å². The fraction of sp³-hybridized carbons (Fsp3) is 0.333. The number of benzene rings is 2. The molecule has 1 unspecified atom stereocenters. The van der Waals surface area contributed by atoms with Gasteiger partial charge in [0.15, 0.2) is 0 Å². The van der Waals surface area contributed by atoms with E-state index in [1.807, 2.05) is 7.05 Å². The van der Waals surface area contributed by atoms with Gasteiger partial charge in [0.05, 0.1) is 12.7 Å². The molecule has 1 atom stereocenters. The summed E-state index contributed by atoms with van der Waals surface area (Å²) in [5, 5.41) is 20.9. The Morgan fingerprint density at radius 2 is 2.00 bits per heavy atom. The van der Waals surface area contributed by atoms with E-state index in [1.165, 1.54) is 12.1 Å². The molecule has 2 aromatic carbocycles. The first-order valence-electron chi connectivity index (χ1n) is 9.18. The van der Waals surface area contributed by atoms with Crippen LogP contribution in [0.3, 0.4) is 0 Å². The van der Waals surface area contributed by atoms with Crippen molar-refractivity contribution in [2.45, 2.75) is 12.7 Å². The van der Waals surface area contributed by atoms with Gasteiger partial charge in [0, 0.05) is 25.2 Å². The van der Waals surface area contributed by atoms with Crippen LogP contribution in [0.5, 0.6) is 11.5 Å². The SMILES string of the molecule is CN1CCOC(CNC(=O)c2ccc(O)cc2)C1.O=COCc1cccc(O)c1. The molecule has 29 heavy (non-hydrogen) atoms. The van der Waals surface area contributed by atoms with Crippen molar-refractivity contribution >= 4 is 12.4 Å². The van der Waals surface area contributed by atoms with Crippen LogP contribution in [-0.4, -0.2) is 66.9 Å². The number of phenols is 2. The molecule has 0 spiro atoms. The highest BCUT2D eigenvalue weighted by molar-refractivity contribution is 5.94. The quantitative estimate of drug-likeness (QED) is 0.629. The van der Waals surface area contributed by atoms with Gasteiger partial charge in [-0.05, 0) is 49.0 Å². The number of aromatic hydroxyl groups is 2. The van der Waals surface area contributed by atoms with Gasteiger partial charge in [-0.25, -0.2) is 0 Å². The number of phenolic OH excluding ortho intramolecular Hbond substituents is 2. The van der Waals surface area contributed by atoms with E-state index in [1.54, 1.807) is 36.4 Å². The topological polar surface area (TPSA) is 108 Å². The Labute approximate surface area is 169 Å². The lowest BCUT2D eigenvalue weighted by Crippen LogP contribution is -2.45. The Kier molecular flexibility index (Phi) is 8.94. The predicted molar refractivity (Wildman–Crippen MR) is 107 cm³/mol. The van der Waals surface area contributed by atoms with Crippen molar-refractivity contribution in [3.05, 3.63) is 59.7 Å². The van der Waals surface area contributed by atoms with Gasteiger partial charge >= 0.3 is 0 Å². The molecule has 2 aromatic rings.